The lowest BCUT2D eigenvalue weighted by Gasteiger charge is -2.15. The van der Waals surface area contributed by atoms with E-state index in [9.17, 15) is 22.4 Å². The topological polar surface area (TPSA) is 108 Å². The van der Waals surface area contributed by atoms with Crippen LogP contribution in [0.2, 0.25) is 5.02 Å². The Bertz CT molecular complexity index is 1260. The third-order valence-electron chi connectivity index (χ3n) is 4.15. The summed E-state index contributed by atoms with van der Waals surface area (Å²) in [5, 5.41) is 8.45. The van der Waals surface area contributed by atoms with Crippen molar-refractivity contribution >= 4 is 61.2 Å². The van der Waals surface area contributed by atoms with Crippen molar-refractivity contribution in [2.75, 3.05) is 18.6 Å². The molecule has 0 aliphatic carbocycles. The minimum Gasteiger partial charge on any atom is -0.335 e. The number of carbonyl (C=O) groups is 2. The van der Waals surface area contributed by atoms with E-state index in [4.69, 9.17) is 11.6 Å². The second kappa shape index (κ2) is 9.94. The Morgan fingerprint density at radius 1 is 1.25 bits per heavy atom. The Morgan fingerprint density at radius 3 is 2.66 bits per heavy atom. The predicted octanol–water partition coefficient (Wildman–Crippen LogP) is 3.99. The normalized spacial score (nSPS) is 11.2. The first-order valence-electron chi connectivity index (χ1n) is 9.01. The van der Waals surface area contributed by atoms with Crippen molar-refractivity contribution < 1.29 is 22.4 Å². The van der Waals surface area contributed by atoms with E-state index in [-0.39, 0.29) is 33.7 Å². The van der Waals surface area contributed by atoms with Crippen molar-refractivity contribution in [3.05, 3.63) is 62.0 Å². The summed E-state index contributed by atoms with van der Waals surface area (Å²) in [6, 6.07) is 5.39. The summed E-state index contributed by atoms with van der Waals surface area (Å²) < 4.78 is 36.6. The molecular formula is C19H18ClFN4O4S3. The van der Waals surface area contributed by atoms with Crippen molar-refractivity contribution in [1.82, 2.24) is 15.2 Å². The summed E-state index contributed by atoms with van der Waals surface area (Å²) in [7, 11) is -1.99. The number of anilines is 1. The molecule has 0 saturated heterocycles. The van der Waals surface area contributed by atoms with Crippen LogP contribution in [0.1, 0.15) is 20.9 Å². The van der Waals surface area contributed by atoms with Gasteiger partial charge < -0.3 is 10.2 Å². The van der Waals surface area contributed by atoms with E-state index in [1.807, 2.05) is 0 Å². The van der Waals surface area contributed by atoms with Gasteiger partial charge in [-0.1, -0.05) is 23.7 Å². The zero-order valence-electron chi connectivity index (χ0n) is 16.9. The molecule has 0 atom stereocenters. The second-order valence-corrected chi connectivity index (χ2v) is 10.9. The Balaban J connectivity index is 1.57. The van der Waals surface area contributed by atoms with Crippen LogP contribution >= 0.6 is 34.3 Å². The van der Waals surface area contributed by atoms with Gasteiger partial charge in [0.05, 0.1) is 22.2 Å². The maximum atomic E-state index is 13.2. The van der Waals surface area contributed by atoms with E-state index < -0.39 is 21.8 Å². The summed E-state index contributed by atoms with van der Waals surface area (Å²) in [4.78, 5) is 30.4. The summed E-state index contributed by atoms with van der Waals surface area (Å²) in [5.41, 5.74) is 1.15. The largest absolute Gasteiger partial charge is 0.335 e. The molecule has 3 amide bonds. The molecule has 2 aromatic heterocycles. The fourth-order valence-electron chi connectivity index (χ4n) is 2.62. The number of urea groups is 1. The van der Waals surface area contributed by atoms with Crippen molar-refractivity contribution in [3.8, 4) is 0 Å². The first-order chi connectivity index (χ1) is 15.0. The molecule has 0 unspecified atom stereocenters. The molecule has 0 fully saturated rings. The SMILES string of the molecule is CN(Cc1csc(NC(=O)NCc2cccc(F)c2)n1)C(=O)c1scc(S(C)(=O)=O)c1Cl. The number of rotatable bonds is 7. The summed E-state index contributed by atoms with van der Waals surface area (Å²) in [5.74, 6) is -0.824. The van der Waals surface area contributed by atoms with Crippen LogP contribution in [-0.4, -0.2) is 43.5 Å². The lowest BCUT2D eigenvalue weighted by Crippen LogP contribution is -2.28. The van der Waals surface area contributed by atoms with Gasteiger partial charge in [-0.15, -0.1) is 22.7 Å². The molecule has 2 heterocycles. The molecule has 0 aliphatic rings. The van der Waals surface area contributed by atoms with Crippen molar-refractivity contribution in [2.45, 2.75) is 18.0 Å². The van der Waals surface area contributed by atoms with Gasteiger partial charge in [-0.05, 0) is 17.7 Å². The Kier molecular flexibility index (Phi) is 7.49. The Hall–Kier alpha value is -2.54. The number of amides is 3. The summed E-state index contributed by atoms with van der Waals surface area (Å²) >= 11 is 8.23. The van der Waals surface area contributed by atoms with Crippen LogP contribution < -0.4 is 10.6 Å². The first-order valence-corrected chi connectivity index (χ1v) is 13.0. The van der Waals surface area contributed by atoms with Crippen molar-refractivity contribution in [2.24, 2.45) is 0 Å². The number of thiophene rings is 1. The monoisotopic (exact) mass is 516 g/mol. The number of nitrogens with one attached hydrogen (secondary N) is 2. The fourth-order valence-corrected chi connectivity index (χ4v) is 6.22. The Morgan fingerprint density at radius 2 is 2.00 bits per heavy atom. The number of hydrogen-bond acceptors (Lipinski definition) is 7. The number of sulfone groups is 1. The van der Waals surface area contributed by atoms with Crippen LogP contribution in [0.5, 0.6) is 0 Å². The highest BCUT2D eigenvalue weighted by atomic mass is 35.5. The quantitative estimate of drug-likeness (QED) is 0.493. The molecular weight excluding hydrogens is 499 g/mol. The average Bonchev–Trinajstić information content (AvgIpc) is 3.31. The average molecular weight is 517 g/mol. The standard InChI is InChI=1S/C19H18ClFN4O4S3/c1-25(17(26)16-15(20)14(10-30-16)32(2,28)29)8-13-9-31-19(23-13)24-18(27)22-7-11-4-3-5-12(21)6-11/h3-6,9-10H,7-8H2,1-2H3,(H2,22,23,24,27). The maximum Gasteiger partial charge on any atom is 0.321 e. The second-order valence-electron chi connectivity index (χ2n) is 6.76. The van der Waals surface area contributed by atoms with E-state index in [1.165, 1.54) is 40.8 Å². The summed E-state index contributed by atoms with van der Waals surface area (Å²) in [6.07, 6.45) is 1.02. The molecule has 0 saturated carbocycles. The van der Waals surface area contributed by atoms with Gasteiger partial charge in [-0.3, -0.25) is 10.1 Å². The molecule has 13 heteroatoms. The van der Waals surface area contributed by atoms with Crippen LogP contribution in [-0.2, 0) is 22.9 Å². The predicted molar refractivity (Wildman–Crippen MR) is 123 cm³/mol. The van der Waals surface area contributed by atoms with Gasteiger partial charge in [0.1, 0.15) is 10.7 Å². The van der Waals surface area contributed by atoms with Crippen LogP contribution in [0.4, 0.5) is 14.3 Å². The molecule has 0 radical (unpaired) electrons. The van der Waals surface area contributed by atoms with Gasteiger partial charge in [-0.2, -0.15) is 0 Å². The van der Waals surface area contributed by atoms with E-state index >= 15 is 0 Å². The molecule has 0 aliphatic heterocycles. The van der Waals surface area contributed by atoms with Gasteiger partial charge in [0.25, 0.3) is 5.91 Å². The number of benzene rings is 1. The number of halogens is 2. The van der Waals surface area contributed by atoms with Crippen LogP contribution in [0.25, 0.3) is 0 Å². The highest BCUT2D eigenvalue weighted by Crippen LogP contribution is 2.32. The minimum absolute atomic E-state index is 0.0784. The molecule has 8 nitrogen and oxygen atoms in total. The zero-order valence-corrected chi connectivity index (χ0v) is 20.1. The molecule has 0 spiro atoms. The molecule has 2 N–H and O–H groups in total. The maximum absolute atomic E-state index is 13.2. The van der Waals surface area contributed by atoms with Gasteiger partial charge in [-0.25, -0.2) is 22.6 Å². The van der Waals surface area contributed by atoms with Crippen LogP contribution in [0, 0.1) is 5.82 Å². The molecule has 3 rings (SSSR count). The fraction of sp³-hybridized carbons (Fsp3) is 0.211. The van der Waals surface area contributed by atoms with Gasteiger partial charge >= 0.3 is 6.03 Å². The molecule has 32 heavy (non-hydrogen) atoms. The third kappa shape index (κ3) is 6.03. The highest BCUT2D eigenvalue weighted by molar-refractivity contribution is 7.91. The lowest BCUT2D eigenvalue weighted by atomic mass is 10.2. The van der Waals surface area contributed by atoms with Crippen molar-refractivity contribution in [1.29, 1.82) is 0 Å². The lowest BCUT2D eigenvalue weighted by molar-refractivity contribution is 0.0788. The molecule has 0 bridgehead atoms. The first kappa shape index (κ1) is 24.1. The van der Waals surface area contributed by atoms with Crippen molar-refractivity contribution in [3.63, 3.8) is 0 Å². The number of nitrogens with zero attached hydrogens (tertiary/aromatic N) is 2. The number of aromatic nitrogens is 1. The number of carbonyl (C=O) groups excluding carboxylic acids is 2. The smallest absolute Gasteiger partial charge is 0.321 e. The molecule has 3 aromatic rings. The summed E-state index contributed by atoms with van der Waals surface area (Å²) in [6.45, 7) is 0.278. The molecule has 170 valence electrons. The minimum atomic E-state index is -3.53. The van der Waals surface area contributed by atoms with E-state index in [1.54, 1.807) is 17.5 Å². The van der Waals surface area contributed by atoms with E-state index in [0.717, 1.165) is 17.6 Å². The van der Waals surface area contributed by atoms with Gasteiger partial charge in [0.2, 0.25) is 0 Å². The Labute approximate surface area is 197 Å². The van der Waals surface area contributed by atoms with Crippen LogP contribution in [0.3, 0.4) is 0 Å². The van der Waals surface area contributed by atoms with E-state index in [2.05, 4.69) is 15.6 Å². The highest BCUT2D eigenvalue weighted by Gasteiger charge is 2.24. The van der Waals surface area contributed by atoms with E-state index in [0.29, 0.717) is 16.4 Å². The molecule has 1 aromatic carbocycles. The zero-order chi connectivity index (χ0) is 23.5. The van der Waals surface area contributed by atoms with Crippen LogP contribution in [0.15, 0.2) is 39.9 Å². The number of thiazole rings is 1. The third-order valence-corrected chi connectivity index (χ3v) is 7.81. The number of hydrogen-bond donors (Lipinski definition) is 2. The van der Waals surface area contributed by atoms with Gasteiger partial charge in [0.15, 0.2) is 15.0 Å². The van der Waals surface area contributed by atoms with Gasteiger partial charge in [0, 0.05) is 30.6 Å².